The summed E-state index contributed by atoms with van der Waals surface area (Å²) in [5.41, 5.74) is 2.19. The van der Waals surface area contributed by atoms with E-state index in [-0.39, 0.29) is 0 Å². The van der Waals surface area contributed by atoms with E-state index in [0.717, 1.165) is 43.7 Å². The minimum atomic E-state index is 0.747. The van der Waals surface area contributed by atoms with Crippen molar-refractivity contribution in [2.75, 3.05) is 19.8 Å². The fourth-order valence-corrected chi connectivity index (χ4v) is 2.08. The van der Waals surface area contributed by atoms with E-state index in [2.05, 4.69) is 10.5 Å². The van der Waals surface area contributed by atoms with Crippen LogP contribution in [0.15, 0.2) is 4.52 Å². The third-order valence-electron chi connectivity index (χ3n) is 3.24. The summed E-state index contributed by atoms with van der Waals surface area (Å²) < 4.78 is 10.5. The van der Waals surface area contributed by atoms with Crippen molar-refractivity contribution in [3.63, 3.8) is 0 Å². The molecule has 0 radical (unpaired) electrons. The standard InChI is InChI=1S/C12H20N2O2/c1-9-12(10(2)16-14-9)7-13-5-3-11-4-6-15-8-11/h11,13H,3-8H2,1-2H3. The molecule has 1 aromatic rings. The SMILES string of the molecule is Cc1noc(C)c1CNCCC1CCOC1. The molecule has 1 aliphatic rings. The van der Waals surface area contributed by atoms with E-state index < -0.39 is 0 Å². The van der Waals surface area contributed by atoms with Gasteiger partial charge in [0.25, 0.3) is 0 Å². The lowest BCUT2D eigenvalue weighted by Crippen LogP contribution is -2.18. The molecule has 1 unspecified atom stereocenters. The number of ether oxygens (including phenoxy) is 1. The number of nitrogens with one attached hydrogen (secondary N) is 1. The summed E-state index contributed by atoms with van der Waals surface area (Å²) in [5.74, 6) is 1.67. The first-order valence-corrected chi connectivity index (χ1v) is 5.97. The molecule has 0 amide bonds. The van der Waals surface area contributed by atoms with E-state index >= 15 is 0 Å². The number of hydrogen-bond donors (Lipinski definition) is 1. The summed E-state index contributed by atoms with van der Waals surface area (Å²) in [6.45, 7) is 7.72. The molecule has 0 saturated carbocycles. The Morgan fingerprint density at radius 1 is 1.44 bits per heavy atom. The maximum Gasteiger partial charge on any atom is 0.138 e. The molecule has 16 heavy (non-hydrogen) atoms. The molecule has 0 aliphatic carbocycles. The molecule has 1 N–H and O–H groups in total. The van der Waals surface area contributed by atoms with Gasteiger partial charge >= 0.3 is 0 Å². The first-order valence-electron chi connectivity index (χ1n) is 5.97. The Morgan fingerprint density at radius 3 is 2.94 bits per heavy atom. The highest BCUT2D eigenvalue weighted by Gasteiger charge is 2.15. The average Bonchev–Trinajstić information content (AvgIpc) is 2.87. The second kappa shape index (κ2) is 5.46. The summed E-state index contributed by atoms with van der Waals surface area (Å²) in [6, 6.07) is 0. The Morgan fingerprint density at radius 2 is 2.31 bits per heavy atom. The monoisotopic (exact) mass is 224 g/mol. The van der Waals surface area contributed by atoms with E-state index in [1.807, 2.05) is 13.8 Å². The van der Waals surface area contributed by atoms with Gasteiger partial charge in [-0.25, -0.2) is 0 Å². The molecule has 0 aromatic carbocycles. The fraction of sp³-hybridized carbons (Fsp3) is 0.750. The molecule has 0 spiro atoms. The van der Waals surface area contributed by atoms with Gasteiger partial charge in [0.2, 0.25) is 0 Å². The molecule has 2 rings (SSSR count). The number of aromatic nitrogens is 1. The van der Waals surface area contributed by atoms with Crippen molar-refractivity contribution < 1.29 is 9.26 Å². The third kappa shape index (κ3) is 2.83. The van der Waals surface area contributed by atoms with Crippen LogP contribution in [0.4, 0.5) is 0 Å². The topological polar surface area (TPSA) is 47.3 Å². The minimum Gasteiger partial charge on any atom is -0.381 e. The summed E-state index contributed by atoms with van der Waals surface area (Å²) in [5, 5.41) is 7.38. The van der Waals surface area contributed by atoms with Gasteiger partial charge in [0.15, 0.2) is 0 Å². The van der Waals surface area contributed by atoms with Gasteiger partial charge in [-0.2, -0.15) is 0 Å². The van der Waals surface area contributed by atoms with E-state index in [1.165, 1.54) is 18.4 Å². The van der Waals surface area contributed by atoms with Crippen LogP contribution in [-0.2, 0) is 11.3 Å². The van der Waals surface area contributed by atoms with Crippen molar-refractivity contribution in [2.24, 2.45) is 5.92 Å². The third-order valence-corrected chi connectivity index (χ3v) is 3.24. The molecule has 1 atom stereocenters. The summed E-state index contributed by atoms with van der Waals surface area (Å²) in [6.07, 6.45) is 2.41. The molecular weight excluding hydrogens is 204 g/mol. The lowest BCUT2D eigenvalue weighted by molar-refractivity contribution is 0.184. The second-order valence-corrected chi connectivity index (χ2v) is 4.50. The van der Waals surface area contributed by atoms with Gasteiger partial charge < -0.3 is 14.6 Å². The quantitative estimate of drug-likeness (QED) is 0.775. The van der Waals surface area contributed by atoms with Gasteiger partial charge in [-0.15, -0.1) is 0 Å². The first kappa shape index (κ1) is 11.6. The van der Waals surface area contributed by atoms with Crippen LogP contribution in [0, 0.1) is 19.8 Å². The van der Waals surface area contributed by atoms with Crippen LogP contribution in [0.1, 0.15) is 29.9 Å². The van der Waals surface area contributed by atoms with Crippen LogP contribution >= 0.6 is 0 Å². The van der Waals surface area contributed by atoms with Gasteiger partial charge in [-0.05, 0) is 39.2 Å². The van der Waals surface area contributed by atoms with E-state index in [0.29, 0.717) is 0 Å². The van der Waals surface area contributed by atoms with Crippen molar-refractivity contribution in [1.82, 2.24) is 10.5 Å². The number of nitrogens with zero attached hydrogens (tertiary/aromatic N) is 1. The highest BCUT2D eigenvalue weighted by atomic mass is 16.5. The lowest BCUT2D eigenvalue weighted by Gasteiger charge is -2.08. The zero-order valence-electron chi connectivity index (χ0n) is 10.1. The molecule has 1 aliphatic heterocycles. The van der Waals surface area contributed by atoms with Crippen molar-refractivity contribution in [1.29, 1.82) is 0 Å². The zero-order valence-corrected chi connectivity index (χ0v) is 10.1. The van der Waals surface area contributed by atoms with Gasteiger partial charge in [-0.3, -0.25) is 0 Å². The largest absolute Gasteiger partial charge is 0.381 e. The number of aryl methyl sites for hydroxylation is 2. The van der Waals surface area contributed by atoms with Crippen LogP contribution < -0.4 is 5.32 Å². The molecule has 90 valence electrons. The first-order chi connectivity index (χ1) is 7.77. The normalized spacial score (nSPS) is 20.5. The molecule has 1 fully saturated rings. The highest BCUT2D eigenvalue weighted by Crippen LogP contribution is 2.16. The lowest BCUT2D eigenvalue weighted by atomic mass is 10.1. The molecule has 4 heteroatoms. The Labute approximate surface area is 96.3 Å². The summed E-state index contributed by atoms with van der Waals surface area (Å²) in [7, 11) is 0. The van der Waals surface area contributed by atoms with Crippen molar-refractivity contribution in [3.8, 4) is 0 Å². The van der Waals surface area contributed by atoms with E-state index in [9.17, 15) is 0 Å². The summed E-state index contributed by atoms with van der Waals surface area (Å²) in [4.78, 5) is 0. The smallest absolute Gasteiger partial charge is 0.138 e. The molecule has 1 saturated heterocycles. The maximum absolute atomic E-state index is 5.35. The molecule has 4 nitrogen and oxygen atoms in total. The van der Waals surface area contributed by atoms with Gasteiger partial charge in [-0.1, -0.05) is 5.16 Å². The Hall–Kier alpha value is -0.870. The van der Waals surface area contributed by atoms with Crippen LogP contribution in [0.3, 0.4) is 0 Å². The van der Waals surface area contributed by atoms with Gasteiger partial charge in [0, 0.05) is 25.3 Å². The number of rotatable bonds is 5. The molecule has 0 bridgehead atoms. The van der Waals surface area contributed by atoms with Gasteiger partial charge in [0.1, 0.15) is 5.76 Å². The van der Waals surface area contributed by atoms with Crippen LogP contribution in [-0.4, -0.2) is 24.9 Å². The highest BCUT2D eigenvalue weighted by molar-refractivity contribution is 5.20. The zero-order chi connectivity index (χ0) is 11.4. The molecule has 2 heterocycles. The number of hydrogen-bond acceptors (Lipinski definition) is 4. The molecular formula is C12H20N2O2. The second-order valence-electron chi connectivity index (χ2n) is 4.50. The summed E-state index contributed by atoms with van der Waals surface area (Å²) >= 11 is 0. The van der Waals surface area contributed by atoms with Crippen LogP contribution in [0.5, 0.6) is 0 Å². The predicted molar refractivity (Wildman–Crippen MR) is 61.2 cm³/mol. The minimum absolute atomic E-state index is 0.747. The van der Waals surface area contributed by atoms with Crippen LogP contribution in [0.2, 0.25) is 0 Å². The van der Waals surface area contributed by atoms with Gasteiger partial charge in [0.05, 0.1) is 5.69 Å². The van der Waals surface area contributed by atoms with Crippen LogP contribution in [0.25, 0.3) is 0 Å². The molecule has 1 aromatic heterocycles. The van der Waals surface area contributed by atoms with Crippen molar-refractivity contribution in [3.05, 3.63) is 17.0 Å². The maximum atomic E-state index is 5.35. The predicted octanol–water partition coefficient (Wildman–Crippen LogP) is 1.81. The fourth-order valence-electron chi connectivity index (χ4n) is 2.08. The van der Waals surface area contributed by atoms with E-state index in [1.54, 1.807) is 0 Å². The Balaban J connectivity index is 1.67. The van der Waals surface area contributed by atoms with Crippen molar-refractivity contribution in [2.45, 2.75) is 33.2 Å². The van der Waals surface area contributed by atoms with E-state index in [4.69, 9.17) is 9.26 Å². The Bertz CT molecular complexity index is 310. The van der Waals surface area contributed by atoms with Crippen molar-refractivity contribution >= 4 is 0 Å². The average molecular weight is 224 g/mol. The Kier molecular flexibility index (Phi) is 3.96.